The molecule has 0 aliphatic heterocycles. The zero-order valence-electron chi connectivity index (χ0n) is 11.0. The molecule has 102 valence electrons. The van der Waals surface area contributed by atoms with Crippen LogP contribution in [0.25, 0.3) is 0 Å². The van der Waals surface area contributed by atoms with Gasteiger partial charge in [-0.05, 0) is 78.4 Å². The second-order valence-corrected chi connectivity index (χ2v) is 6.10. The summed E-state index contributed by atoms with van der Waals surface area (Å²) in [4.78, 5) is 0. The number of hydrogen-bond acceptors (Lipinski definition) is 2. The van der Waals surface area contributed by atoms with Crippen LogP contribution in [-0.4, -0.2) is 6.54 Å². The lowest BCUT2D eigenvalue weighted by molar-refractivity contribution is 0.430. The Kier molecular flexibility index (Phi) is 5.30. The summed E-state index contributed by atoms with van der Waals surface area (Å²) in [5, 5.41) is 4.28. The summed E-state index contributed by atoms with van der Waals surface area (Å²) < 4.78 is 6.97. The first kappa shape index (κ1) is 14.9. The fourth-order valence-electron chi connectivity index (χ4n) is 2.00. The number of halogens is 2. The number of hydrogen-bond donors (Lipinski definition) is 1. The maximum Gasteiger partial charge on any atom is 0.125 e. The van der Waals surface area contributed by atoms with Crippen LogP contribution in [0.1, 0.15) is 36.5 Å². The molecule has 0 saturated carbocycles. The summed E-state index contributed by atoms with van der Waals surface area (Å²) in [5.41, 5.74) is 1.16. The zero-order valence-corrected chi connectivity index (χ0v) is 14.0. The van der Waals surface area contributed by atoms with Gasteiger partial charge >= 0.3 is 0 Å². The maximum absolute atomic E-state index is 6.13. The van der Waals surface area contributed by atoms with E-state index in [1.165, 1.54) is 3.57 Å². The summed E-state index contributed by atoms with van der Waals surface area (Å²) in [7, 11) is 0. The van der Waals surface area contributed by atoms with E-state index in [9.17, 15) is 0 Å². The third-order valence-corrected chi connectivity index (χ3v) is 4.13. The Morgan fingerprint density at radius 2 is 2.11 bits per heavy atom. The minimum atomic E-state index is 0.0549. The molecule has 0 aliphatic rings. The van der Waals surface area contributed by atoms with Crippen LogP contribution in [0, 0.1) is 10.5 Å². The van der Waals surface area contributed by atoms with Gasteiger partial charge in [-0.25, -0.2) is 0 Å². The molecule has 2 nitrogen and oxygen atoms in total. The Labute approximate surface area is 132 Å². The molecular formula is C15H17ClINO. The highest BCUT2D eigenvalue weighted by atomic mass is 127. The van der Waals surface area contributed by atoms with E-state index < -0.39 is 0 Å². The van der Waals surface area contributed by atoms with Gasteiger partial charge in [0.05, 0.1) is 6.04 Å². The number of benzene rings is 1. The van der Waals surface area contributed by atoms with Gasteiger partial charge in [0.25, 0.3) is 0 Å². The molecule has 0 saturated heterocycles. The van der Waals surface area contributed by atoms with Crippen molar-refractivity contribution < 1.29 is 4.42 Å². The van der Waals surface area contributed by atoms with E-state index in [-0.39, 0.29) is 6.04 Å². The minimum Gasteiger partial charge on any atom is -0.464 e. The Balaban J connectivity index is 2.39. The van der Waals surface area contributed by atoms with Crippen molar-refractivity contribution in [1.29, 1.82) is 0 Å². The molecule has 0 fully saturated rings. The summed E-state index contributed by atoms with van der Waals surface area (Å²) in [6, 6.07) is 10.0. The predicted octanol–water partition coefficient (Wildman–Crippen LogP) is 4.94. The van der Waals surface area contributed by atoms with Gasteiger partial charge < -0.3 is 9.73 Å². The fraction of sp³-hybridized carbons (Fsp3) is 0.333. The monoisotopic (exact) mass is 389 g/mol. The second-order valence-electron chi connectivity index (χ2n) is 4.50. The molecule has 0 radical (unpaired) electrons. The summed E-state index contributed by atoms with van der Waals surface area (Å²) in [5.74, 6) is 1.86. The van der Waals surface area contributed by atoms with Crippen molar-refractivity contribution >= 4 is 34.2 Å². The molecule has 2 rings (SSSR count). The molecule has 0 bridgehead atoms. The molecule has 1 aromatic heterocycles. The Hall–Kier alpha value is -0.520. The second kappa shape index (κ2) is 6.77. The van der Waals surface area contributed by atoms with Gasteiger partial charge in [-0.1, -0.05) is 18.5 Å². The van der Waals surface area contributed by atoms with Crippen molar-refractivity contribution in [2.75, 3.05) is 6.54 Å². The maximum atomic E-state index is 6.13. The highest BCUT2D eigenvalue weighted by Crippen LogP contribution is 2.29. The molecular weight excluding hydrogens is 373 g/mol. The molecule has 1 heterocycles. The normalized spacial score (nSPS) is 12.6. The van der Waals surface area contributed by atoms with Gasteiger partial charge in [0.15, 0.2) is 0 Å². The van der Waals surface area contributed by atoms with Crippen molar-refractivity contribution in [3.05, 3.63) is 56.0 Å². The summed E-state index contributed by atoms with van der Waals surface area (Å²) >= 11 is 8.46. The van der Waals surface area contributed by atoms with Gasteiger partial charge in [-0.2, -0.15) is 0 Å². The molecule has 1 atom stereocenters. The van der Waals surface area contributed by atoms with Crippen LogP contribution in [0.15, 0.2) is 34.7 Å². The first-order chi connectivity index (χ1) is 9.11. The van der Waals surface area contributed by atoms with Gasteiger partial charge in [0.1, 0.15) is 11.5 Å². The highest BCUT2D eigenvalue weighted by Gasteiger charge is 2.19. The fourth-order valence-corrected chi connectivity index (χ4v) is 2.82. The zero-order chi connectivity index (χ0) is 13.8. The van der Waals surface area contributed by atoms with Gasteiger partial charge in [-0.3, -0.25) is 0 Å². The van der Waals surface area contributed by atoms with Crippen molar-refractivity contribution in [2.24, 2.45) is 0 Å². The quantitative estimate of drug-likeness (QED) is 0.733. The standard InChI is InChI=1S/C15H17ClINO/c1-3-8-18-15(14-7-4-10(2)19-14)12-9-11(16)5-6-13(12)17/h4-7,9,15,18H,3,8H2,1-2H3. The Morgan fingerprint density at radius 3 is 2.74 bits per heavy atom. The molecule has 1 unspecified atom stereocenters. The van der Waals surface area contributed by atoms with Crippen LogP contribution in [0.3, 0.4) is 0 Å². The average Bonchev–Trinajstić information content (AvgIpc) is 2.80. The van der Waals surface area contributed by atoms with Crippen LogP contribution in [-0.2, 0) is 0 Å². The average molecular weight is 390 g/mol. The van der Waals surface area contributed by atoms with Crippen molar-refractivity contribution in [1.82, 2.24) is 5.32 Å². The van der Waals surface area contributed by atoms with Gasteiger partial charge in [-0.15, -0.1) is 0 Å². The Bertz CT molecular complexity index is 553. The molecule has 0 amide bonds. The third kappa shape index (κ3) is 3.74. The minimum absolute atomic E-state index is 0.0549. The summed E-state index contributed by atoms with van der Waals surface area (Å²) in [6.45, 7) is 5.05. The van der Waals surface area contributed by atoms with E-state index in [4.69, 9.17) is 16.0 Å². The van der Waals surface area contributed by atoms with Crippen molar-refractivity contribution in [3.63, 3.8) is 0 Å². The largest absolute Gasteiger partial charge is 0.464 e. The number of nitrogens with one attached hydrogen (secondary N) is 1. The molecule has 0 aliphatic carbocycles. The molecule has 0 spiro atoms. The van der Waals surface area contributed by atoms with Crippen molar-refractivity contribution in [3.8, 4) is 0 Å². The molecule has 1 aromatic carbocycles. The molecule has 1 N–H and O–H groups in total. The van der Waals surface area contributed by atoms with E-state index in [2.05, 4.69) is 34.8 Å². The van der Waals surface area contributed by atoms with Gasteiger partial charge in [0, 0.05) is 8.59 Å². The lowest BCUT2D eigenvalue weighted by atomic mass is 10.0. The lowest BCUT2D eigenvalue weighted by Gasteiger charge is -2.18. The van der Waals surface area contributed by atoms with Crippen LogP contribution < -0.4 is 5.32 Å². The first-order valence-corrected chi connectivity index (χ1v) is 7.82. The smallest absolute Gasteiger partial charge is 0.125 e. The topological polar surface area (TPSA) is 25.2 Å². The van der Waals surface area contributed by atoms with Crippen LogP contribution >= 0.6 is 34.2 Å². The van der Waals surface area contributed by atoms with E-state index in [0.717, 1.165) is 35.1 Å². The van der Waals surface area contributed by atoms with E-state index in [1.807, 2.05) is 37.3 Å². The SMILES string of the molecule is CCCNC(c1ccc(C)o1)c1cc(Cl)ccc1I. The molecule has 19 heavy (non-hydrogen) atoms. The number of rotatable bonds is 5. The van der Waals surface area contributed by atoms with Crippen LogP contribution in [0.4, 0.5) is 0 Å². The summed E-state index contributed by atoms with van der Waals surface area (Å²) in [6.07, 6.45) is 1.08. The molecule has 4 heteroatoms. The van der Waals surface area contributed by atoms with E-state index >= 15 is 0 Å². The van der Waals surface area contributed by atoms with E-state index in [1.54, 1.807) is 0 Å². The lowest BCUT2D eigenvalue weighted by Crippen LogP contribution is -2.23. The van der Waals surface area contributed by atoms with Crippen molar-refractivity contribution in [2.45, 2.75) is 26.3 Å². The third-order valence-electron chi connectivity index (χ3n) is 2.91. The van der Waals surface area contributed by atoms with Crippen LogP contribution in [0.2, 0.25) is 5.02 Å². The number of aryl methyl sites for hydroxylation is 1. The van der Waals surface area contributed by atoms with Crippen LogP contribution in [0.5, 0.6) is 0 Å². The Morgan fingerprint density at radius 1 is 1.32 bits per heavy atom. The van der Waals surface area contributed by atoms with E-state index in [0.29, 0.717) is 0 Å². The number of furan rings is 1. The van der Waals surface area contributed by atoms with Gasteiger partial charge in [0.2, 0.25) is 0 Å². The highest BCUT2D eigenvalue weighted by molar-refractivity contribution is 14.1. The molecule has 2 aromatic rings. The first-order valence-electron chi connectivity index (χ1n) is 6.36. The predicted molar refractivity (Wildman–Crippen MR) is 87.8 cm³/mol.